The molecular weight excluding hydrogens is 302 g/mol. The minimum atomic E-state index is -0.425. The first-order chi connectivity index (χ1) is 10.5. The maximum absolute atomic E-state index is 11.9. The van der Waals surface area contributed by atoms with E-state index in [1.807, 2.05) is 17.5 Å². The zero-order valence-electron chi connectivity index (χ0n) is 12.4. The summed E-state index contributed by atoms with van der Waals surface area (Å²) in [5.41, 5.74) is -0.536. The van der Waals surface area contributed by atoms with Crippen molar-refractivity contribution in [3.05, 3.63) is 61.1 Å². The third kappa shape index (κ3) is 3.82. The van der Waals surface area contributed by atoms with Gasteiger partial charge in [0.05, 0.1) is 5.56 Å². The minimum absolute atomic E-state index is 0.271. The summed E-state index contributed by atoms with van der Waals surface area (Å²) >= 11 is 1.65. The maximum Gasteiger partial charge on any atom is 0.330 e. The number of nitrogens with one attached hydrogen (secondary N) is 1. The molecule has 6 nitrogen and oxygen atoms in total. The predicted octanol–water partition coefficient (Wildman–Crippen LogP) is 0.518. The normalized spacial score (nSPS) is 11.0. The van der Waals surface area contributed by atoms with Crippen LogP contribution in [-0.4, -0.2) is 21.6 Å². The standard InChI is InChI=1S/C15H17N3O3S/c1-17-10-11(14(20)18(2)15(17)21)5-6-13(19)16-8-7-12-4-3-9-22-12/h3-6,9-10H,7-8H2,1-2H3,(H,16,19). The van der Waals surface area contributed by atoms with E-state index in [1.165, 1.54) is 34.8 Å². The molecule has 0 saturated carbocycles. The van der Waals surface area contributed by atoms with Crippen LogP contribution in [0.2, 0.25) is 0 Å². The van der Waals surface area contributed by atoms with Crippen LogP contribution in [0.5, 0.6) is 0 Å². The second-order valence-corrected chi connectivity index (χ2v) is 5.83. The van der Waals surface area contributed by atoms with Crippen LogP contribution in [0.15, 0.2) is 39.4 Å². The Hall–Kier alpha value is -2.41. The molecule has 2 rings (SSSR count). The van der Waals surface area contributed by atoms with Crippen molar-refractivity contribution in [3.63, 3.8) is 0 Å². The molecule has 7 heteroatoms. The largest absolute Gasteiger partial charge is 0.352 e. The zero-order valence-corrected chi connectivity index (χ0v) is 13.2. The molecule has 2 aromatic rings. The van der Waals surface area contributed by atoms with E-state index in [-0.39, 0.29) is 11.5 Å². The number of carbonyl (C=O) groups is 1. The summed E-state index contributed by atoms with van der Waals surface area (Å²) in [5.74, 6) is -0.271. The van der Waals surface area contributed by atoms with Crippen molar-refractivity contribution >= 4 is 23.3 Å². The van der Waals surface area contributed by atoms with Crippen LogP contribution in [0.25, 0.3) is 6.08 Å². The Balaban J connectivity index is 1.98. The summed E-state index contributed by atoms with van der Waals surface area (Å²) in [7, 11) is 2.96. The highest BCUT2D eigenvalue weighted by Gasteiger charge is 2.04. The fourth-order valence-electron chi connectivity index (χ4n) is 1.94. The van der Waals surface area contributed by atoms with E-state index in [4.69, 9.17) is 0 Å². The highest BCUT2D eigenvalue weighted by molar-refractivity contribution is 7.09. The second-order valence-electron chi connectivity index (χ2n) is 4.80. The average molecular weight is 319 g/mol. The van der Waals surface area contributed by atoms with Crippen LogP contribution >= 0.6 is 11.3 Å². The Morgan fingerprint density at radius 3 is 2.82 bits per heavy atom. The molecular formula is C15H17N3O3S. The predicted molar refractivity (Wildman–Crippen MR) is 87.0 cm³/mol. The van der Waals surface area contributed by atoms with Gasteiger partial charge >= 0.3 is 5.69 Å². The monoisotopic (exact) mass is 319 g/mol. The van der Waals surface area contributed by atoms with Crippen molar-refractivity contribution in [2.24, 2.45) is 14.1 Å². The van der Waals surface area contributed by atoms with Crippen molar-refractivity contribution < 1.29 is 4.79 Å². The molecule has 0 aromatic carbocycles. The quantitative estimate of drug-likeness (QED) is 0.817. The maximum atomic E-state index is 11.9. The number of hydrogen-bond acceptors (Lipinski definition) is 4. The van der Waals surface area contributed by atoms with E-state index >= 15 is 0 Å². The van der Waals surface area contributed by atoms with Gasteiger partial charge in [-0.25, -0.2) is 4.79 Å². The van der Waals surface area contributed by atoms with Gasteiger partial charge in [-0.2, -0.15) is 0 Å². The summed E-state index contributed by atoms with van der Waals surface area (Å²) < 4.78 is 2.31. The molecule has 2 aromatic heterocycles. The van der Waals surface area contributed by atoms with Crippen LogP contribution in [-0.2, 0) is 25.3 Å². The SMILES string of the molecule is Cn1cc(C=CC(=O)NCCc2cccs2)c(=O)n(C)c1=O. The molecule has 22 heavy (non-hydrogen) atoms. The molecule has 0 fully saturated rings. The van der Waals surface area contributed by atoms with E-state index in [1.54, 1.807) is 18.4 Å². The van der Waals surface area contributed by atoms with Crippen LogP contribution in [0, 0.1) is 0 Å². The molecule has 0 spiro atoms. The molecule has 0 saturated heterocycles. The molecule has 1 N–H and O–H groups in total. The number of aryl methyl sites for hydroxylation is 1. The topological polar surface area (TPSA) is 73.1 Å². The first-order valence-electron chi connectivity index (χ1n) is 6.74. The summed E-state index contributed by atoms with van der Waals surface area (Å²) in [6.45, 7) is 0.537. The van der Waals surface area contributed by atoms with Crippen LogP contribution in [0.4, 0.5) is 0 Å². The van der Waals surface area contributed by atoms with E-state index < -0.39 is 11.2 Å². The third-order valence-corrected chi connectivity index (χ3v) is 4.07. The van der Waals surface area contributed by atoms with Gasteiger partial charge in [0, 0.05) is 37.8 Å². The van der Waals surface area contributed by atoms with Gasteiger partial charge in [-0.3, -0.25) is 14.2 Å². The molecule has 0 bridgehead atoms. The van der Waals surface area contributed by atoms with Gasteiger partial charge in [-0.1, -0.05) is 6.07 Å². The van der Waals surface area contributed by atoms with Gasteiger partial charge in [0.15, 0.2) is 0 Å². The number of rotatable bonds is 5. The van der Waals surface area contributed by atoms with E-state index in [0.717, 1.165) is 11.0 Å². The fraction of sp³-hybridized carbons (Fsp3) is 0.267. The Kier molecular flexibility index (Phi) is 5.11. The Morgan fingerprint density at radius 2 is 2.14 bits per heavy atom. The molecule has 0 unspecified atom stereocenters. The number of thiophene rings is 1. The van der Waals surface area contributed by atoms with Crippen LogP contribution in [0.3, 0.4) is 0 Å². The van der Waals surface area contributed by atoms with Crippen molar-refractivity contribution in [2.45, 2.75) is 6.42 Å². The van der Waals surface area contributed by atoms with Crippen LogP contribution in [0.1, 0.15) is 10.4 Å². The number of hydrogen-bond donors (Lipinski definition) is 1. The van der Waals surface area contributed by atoms with Crippen molar-refractivity contribution in [3.8, 4) is 0 Å². The van der Waals surface area contributed by atoms with Gasteiger partial charge in [-0.05, 0) is 23.9 Å². The lowest BCUT2D eigenvalue weighted by molar-refractivity contribution is -0.116. The lowest BCUT2D eigenvalue weighted by Crippen LogP contribution is -2.37. The van der Waals surface area contributed by atoms with Gasteiger partial charge in [0.2, 0.25) is 5.91 Å². The van der Waals surface area contributed by atoms with Gasteiger partial charge in [0.1, 0.15) is 0 Å². The highest BCUT2D eigenvalue weighted by atomic mass is 32.1. The van der Waals surface area contributed by atoms with Gasteiger partial charge < -0.3 is 9.88 Å². The Labute approximate surface area is 131 Å². The number of aromatic nitrogens is 2. The summed E-state index contributed by atoms with van der Waals surface area (Å²) in [5, 5.41) is 4.75. The molecule has 0 radical (unpaired) electrons. The molecule has 0 aliphatic carbocycles. The summed E-state index contributed by atoms with van der Waals surface area (Å²) in [4.78, 5) is 36.4. The number of carbonyl (C=O) groups excluding carboxylic acids is 1. The molecule has 2 heterocycles. The van der Waals surface area contributed by atoms with Crippen molar-refractivity contribution in [2.75, 3.05) is 6.54 Å². The van der Waals surface area contributed by atoms with Gasteiger partial charge in [-0.15, -0.1) is 11.3 Å². The third-order valence-electron chi connectivity index (χ3n) is 3.14. The lowest BCUT2D eigenvalue weighted by Gasteiger charge is -2.03. The van der Waals surface area contributed by atoms with Crippen molar-refractivity contribution in [1.29, 1.82) is 0 Å². The Bertz CT molecular complexity index is 800. The second kappa shape index (κ2) is 7.04. The lowest BCUT2D eigenvalue weighted by atomic mass is 10.3. The van der Waals surface area contributed by atoms with E-state index in [0.29, 0.717) is 6.54 Å². The summed E-state index contributed by atoms with van der Waals surface area (Å²) in [6.07, 6.45) is 4.91. The number of nitrogens with zero attached hydrogens (tertiary/aromatic N) is 2. The molecule has 0 atom stereocenters. The Morgan fingerprint density at radius 1 is 1.36 bits per heavy atom. The van der Waals surface area contributed by atoms with Crippen molar-refractivity contribution in [1.82, 2.24) is 14.5 Å². The minimum Gasteiger partial charge on any atom is -0.352 e. The van der Waals surface area contributed by atoms with Crippen LogP contribution < -0.4 is 16.6 Å². The molecule has 1 amide bonds. The average Bonchev–Trinajstić information content (AvgIpc) is 3.01. The molecule has 0 aliphatic heterocycles. The molecule has 0 aliphatic rings. The molecule has 116 valence electrons. The smallest absolute Gasteiger partial charge is 0.330 e. The fourth-order valence-corrected chi connectivity index (χ4v) is 2.65. The van der Waals surface area contributed by atoms with E-state index in [2.05, 4.69) is 5.32 Å². The number of amides is 1. The summed E-state index contributed by atoms with van der Waals surface area (Å²) in [6, 6.07) is 3.98. The first-order valence-corrected chi connectivity index (χ1v) is 7.62. The first kappa shape index (κ1) is 16.0. The highest BCUT2D eigenvalue weighted by Crippen LogP contribution is 2.07. The van der Waals surface area contributed by atoms with Gasteiger partial charge in [0.25, 0.3) is 5.56 Å². The zero-order chi connectivity index (χ0) is 16.1. The van der Waals surface area contributed by atoms with E-state index in [9.17, 15) is 14.4 Å².